The number of carbonyl (C=O) groups is 1. The van der Waals surface area contributed by atoms with Crippen LogP contribution in [0.5, 0.6) is 0 Å². The van der Waals surface area contributed by atoms with Gasteiger partial charge in [0.2, 0.25) is 0 Å². The van der Waals surface area contributed by atoms with E-state index in [0.717, 1.165) is 50.5 Å². The molecule has 0 amide bonds. The van der Waals surface area contributed by atoms with E-state index in [1.165, 1.54) is 6.42 Å². The lowest BCUT2D eigenvalue weighted by molar-refractivity contribution is -0.230. The Labute approximate surface area is 294 Å². The largest absolute Gasteiger partial charge is 0.460 e. The van der Waals surface area contributed by atoms with Gasteiger partial charge in [0.05, 0.1) is 17.6 Å². The van der Waals surface area contributed by atoms with E-state index in [2.05, 4.69) is 101 Å². The van der Waals surface area contributed by atoms with Crippen molar-refractivity contribution >= 4 is 14.3 Å². The first kappa shape index (κ1) is 36.4. The molecular weight excluding hydrogens is 609 g/mol. The highest BCUT2D eigenvalue weighted by Crippen LogP contribution is 2.76. The van der Waals surface area contributed by atoms with Crippen LogP contribution in [-0.2, 0) is 20.6 Å². The molecule has 5 aliphatic carbocycles. The quantitative estimate of drug-likeness (QED) is 0.192. The first-order valence-corrected chi connectivity index (χ1v) is 22.3. The van der Waals surface area contributed by atoms with Gasteiger partial charge in [-0.3, -0.25) is 4.79 Å². The Hall–Kier alpha value is -1.43. The van der Waals surface area contributed by atoms with E-state index in [9.17, 15) is 9.90 Å². The number of ether oxygens (including phenoxy) is 1. The van der Waals surface area contributed by atoms with E-state index in [1.807, 2.05) is 18.2 Å². The lowest BCUT2D eigenvalue weighted by atomic mass is 9.33. The summed E-state index contributed by atoms with van der Waals surface area (Å²) in [6.45, 7) is 29.3. The maximum atomic E-state index is 14.4. The molecule has 48 heavy (non-hydrogen) atoms. The van der Waals surface area contributed by atoms with Crippen LogP contribution in [0.4, 0.5) is 0 Å². The third kappa shape index (κ3) is 5.20. The Morgan fingerprint density at radius 1 is 0.938 bits per heavy atom. The van der Waals surface area contributed by atoms with E-state index >= 15 is 0 Å². The standard InChI is InChI=1S/C43H68O4Si/c1-28-20-23-43(37(45)46-27-30-16-14-13-15-17-30)25-24-41(9)31(35(43)29(28)2)18-19-34-40(8)26-32(47-48(11,12)38(3,4)5)36(44)39(6,7)33(40)21-22-42(34,41)10/h13-18,28-29,32-36,44H,19-27H2,1-12H3/t28-,29+,32+,33+,34-,35+,36?,40+,41-,42-,43+/m1/s1. The molecule has 1 aromatic rings. The van der Waals surface area contributed by atoms with Crippen molar-refractivity contribution < 1.29 is 19.1 Å². The average Bonchev–Trinajstić information content (AvgIpc) is 3.00. The number of aliphatic hydroxyl groups is 1. The second-order valence-electron chi connectivity index (χ2n) is 20.3. The molecule has 5 aliphatic rings. The van der Waals surface area contributed by atoms with E-state index in [1.54, 1.807) is 5.57 Å². The van der Waals surface area contributed by atoms with Crippen LogP contribution in [0.2, 0.25) is 18.1 Å². The molecule has 0 radical (unpaired) electrons. The number of benzene rings is 1. The number of hydrogen-bond donors (Lipinski definition) is 1. The van der Waals surface area contributed by atoms with E-state index in [4.69, 9.17) is 9.16 Å². The summed E-state index contributed by atoms with van der Waals surface area (Å²) in [4.78, 5) is 14.4. The molecule has 0 spiro atoms. The summed E-state index contributed by atoms with van der Waals surface area (Å²) in [5.74, 6) is 2.23. The topological polar surface area (TPSA) is 55.8 Å². The van der Waals surface area contributed by atoms with Crippen molar-refractivity contribution in [3.05, 3.63) is 47.5 Å². The number of allylic oxidation sites excluding steroid dienone is 2. The van der Waals surface area contributed by atoms with Gasteiger partial charge in [0.25, 0.3) is 0 Å². The molecule has 0 bridgehead atoms. The van der Waals surface area contributed by atoms with Gasteiger partial charge >= 0.3 is 5.97 Å². The molecule has 1 N–H and O–H groups in total. The van der Waals surface area contributed by atoms with Crippen LogP contribution in [0, 0.1) is 56.7 Å². The molecular formula is C43H68O4Si. The Morgan fingerprint density at radius 2 is 1.60 bits per heavy atom. The van der Waals surface area contributed by atoms with Crippen molar-refractivity contribution in [2.24, 2.45) is 56.7 Å². The summed E-state index contributed by atoms with van der Waals surface area (Å²) >= 11 is 0. The SMILES string of the molecule is C[C@H]1[C@H](C)CC[C@]2(C(=O)OCc3ccccc3)CC[C@]3(C)C(=CC[C@@H]4[C@@]5(C)C[C@H](O[Si](C)(C)C(C)(C)C)C(O)C(C)(C)[C@@H]5CC[C@]43C)[C@H]12. The zero-order valence-electron chi connectivity index (χ0n) is 32.5. The average molecular weight is 677 g/mol. The summed E-state index contributed by atoms with van der Waals surface area (Å²) in [6.07, 6.45) is 10.3. The van der Waals surface area contributed by atoms with Crippen LogP contribution in [-0.4, -0.2) is 31.6 Å². The van der Waals surface area contributed by atoms with Gasteiger partial charge in [-0.25, -0.2) is 0 Å². The first-order valence-electron chi connectivity index (χ1n) is 19.4. The maximum absolute atomic E-state index is 14.4. The van der Waals surface area contributed by atoms with Gasteiger partial charge in [-0.15, -0.1) is 0 Å². The van der Waals surface area contributed by atoms with Gasteiger partial charge in [0.1, 0.15) is 6.61 Å². The molecule has 4 fully saturated rings. The molecule has 4 nitrogen and oxygen atoms in total. The fourth-order valence-corrected chi connectivity index (χ4v) is 13.8. The predicted molar refractivity (Wildman–Crippen MR) is 199 cm³/mol. The van der Waals surface area contributed by atoms with E-state index in [-0.39, 0.29) is 44.7 Å². The van der Waals surface area contributed by atoms with Gasteiger partial charge < -0.3 is 14.3 Å². The summed E-state index contributed by atoms with van der Waals surface area (Å²) < 4.78 is 13.4. The molecule has 268 valence electrons. The first-order chi connectivity index (χ1) is 22.2. The van der Waals surface area contributed by atoms with Gasteiger partial charge in [0.15, 0.2) is 8.32 Å². The van der Waals surface area contributed by atoms with Crippen LogP contribution in [0.15, 0.2) is 42.0 Å². The molecule has 5 heteroatoms. The molecule has 11 atom stereocenters. The summed E-state index contributed by atoms with van der Waals surface area (Å²) in [5, 5.41) is 12.1. The van der Waals surface area contributed by atoms with Crippen LogP contribution < -0.4 is 0 Å². The maximum Gasteiger partial charge on any atom is 0.313 e. The zero-order chi connectivity index (χ0) is 35.3. The Balaban J connectivity index is 1.37. The van der Waals surface area contributed by atoms with Gasteiger partial charge in [-0.2, -0.15) is 0 Å². The Bertz CT molecular complexity index is 1410. The number of aliphatic hydroxyl groups excluding tert-OH is 1. The Kier molecular flexibility index (Phi) is 8.94. The Morgan fingerprint density at radius 3 is 2.25 bits per heavy atom. The smallest absolute Gasteiger partial charge is 0.313 e. The molecule has 0 heterocycles. The van der Waals surface area contributed by atoms with Crippen molar-refractivity contribution in [2.45, 2.75) is 158 Å². The van der Waals surface area contributed by atoms with Gasteiger partial charge in [-0.1, -0.05) is 111 Å². The third-order valence-corrected chi connectivity index (χ3v) is 21.3. The highest BCUT2D eigenvalue weighted by atomic mass is 28.4. The summed E-state index contributed by atoms with van der Waals surface area (Å²) in [6, 6.07) is 10.2. The number of rotatable bonds is 5. The van der Waals surface area contributed by atoms with Crippen molar-refractivity contribution in [1.29, 1.82) is 0 Å². The van der Waals surface area contributed by atoms with Gasteiger partial charge in [-0.05, 0) is 126 Å². The van der Waals surface area contributed by atoms with Gasteiger partial charge in [0, 0.05) is 0 Å². The molecule has 0 aromatic heterocycles. The van der Waals surface area contributed by atoms with Crippen molar-refractivity contribution in [1.82, 2.24) is 0 Å². The second kappa shape index (κ2) is 11.8. The minimum Gasteiger partial charge on any atom is -0.460 e. The molecule has 1 unspecified atom stereocenters. The number of hydrogen-bond acceptors (Lipinski definition) is 4. The molecule has 1 aromatic carbocycles. The second-order valence-corrected chi connectivity index (χ2v) is 25.0. The molecule has 6 rings (SSSR count). The van der Waals surface area contributed by atoms with Crippen molar-refractivity contribution in [3.63, 3.8) is 0 Å². The molecule has 0 aliphatic heterocycles. The minimum atomic E-state index is -2.09. The van der Waals surface area contributed by atoms with E-state index < -0.39 is 19.8 Å². The van der Waals surface area contributed by atoms with Crippen LogP contribution in [0.1, 0.15) is 126 Å². The fourth-order valence-electron chi connectivity index (χ4n) is 12.5. The lowest BCUT2D eigenvalue weighted by Crippen LogP contribution is -2.68. The third-order valence-electron chi connectivity index (χ3n) is 16.8. The number of fused-ring (bicyclic) bond motifs is 7. The predicted octanol–water partition coefficient (Wildman–Crippen LogP) is 10.7. The monoisotopic (exact) mass is 676 g/mol. The lowest BCUT2D eigenvalue weighted by Gasteiger charge is -2.72. The summed E-state index contributed by atoms with van der Waals surface area (Å²) in [5.41, 5.74) is 2.18. The van der Waals surface area contributed by atoms with Crippen LogP contribution in [0.3, 0.4) is 0 Å². The zero-order valence-corrected chi connectivity index (χ0v) is 33.5. The summed E-state index contributed by atoms with van der Waals surface area (Å²) in [7, 11) is -2.09. The minimum absolute atomic E-state index is 0.0269. The number of esters is 1. The molecule has 4 saturated carbocycles. The van der Waals surface area contributed by atoms with Crippen LogP contribution >= 0.6 is 0 Å². The highest BCUT2D eigenvalue weighted by molar-refractivity contribution is 6.74. The highest BCUT2D eigenvalue weighted by Gasteiger charge is 2.70. The fraction of sp³-hybridized carbons (Fsp3) is 0.791. The normalized spacial score (nSPS) is 43.9. The van der Waals surface area contributed by atoms with E-state index in [0.29, 0.717) is 30.3 Å². The molecule has 0 saturated heterocycles. The van der Waals surface area contributed by atoms with Crippen molar-refractivity contribution in [3.8, 4) is 0 Å². The number of carbonyl (C=O) groups excluding carboxylic acids is 1. The van der Waals surface area contributed by atoms with Crippen LogP contribution in [0.25, 0.3) is 0 Å². The van der Waals surface area contributed by atoms with Crippen molar-refractivity contribution in [2.75, 3.05) is 0 Å².